The molecule has 0 spiro atoms. The SMILES string of the molecule is CCCNc1cc(C(=O)NCCCCC(C)C)cc(C)n1. The lowest BCUT2D eigenvalue weighted by molar-refractivity contribution is 0.0952. The molecule has 4 nitrogen and oxygen atoms in total. The largest absolute Gasteiger partial charge is 0.370 e. The quantitative estimate of drug-likeness (QED) is 0.681. The maximum Gasteiger partial charge on any atom is 0.251 e. The maximum atomic E-state index is 12.2. The van der Waals surface area contributed by atoms with Crippen LogP contribution in [-0.2, 0) is 0 Å². The number of carbonyl (C=O) groups excluding carboxylic acids is 1. The Morgan fingerprint density at radius 2 is 2.00 bits per heavy atom. The summed E-state index contributed by atoms with van der Waals surface area (Å²) in [6.45, 7) is 10.1. The van der Waals surface area contributed by atoms with Crippen LogP contribution in [0, 0.1) is 12.8 Å². The summed E-state index contributed by atoms with van der Waals surface area (Å²) in [4.78, 5) is 16.5. The van der Waals surface area contributed by atoms with E-state index in [1.54, 1.807) is 0 Å². The van der Waals surface area contributed by atoms with Crippen LogP contribution in [0.2, 0.25) is 0 Å². The van der Waals surface area contributed by atoms with Gasteiger partial charge in [0.1, 0.15) is 5.82 Å². The average molecular weight is 291 g/mol. The van der Waals surface area contributed by atoms with Gasteiger partial charge in [0, 0.05) is 24.3 Å². The lowest BCUT2D eigenvalue weighted by Crippen LogP contribution is -2.25. The van der Waals surface area contributed by atoms with Gasteiger partial charge in [-0.3, -0.25) is 4.79 Å². The minimum atomic E-state index is -0.00963. The lowest BCUT2D eigenvalue weighted by atomic mass is 10.1. The molecular weight excluding hydrogens is 262 g/mol. The molecule has 0 aliphatic heterocycles. The van der Waals surface area contributed by atoms with Gasteiger partial charge in [0.25, 0.3) is 5.91 Å². The maximum absolute atomic E-state index is 12.2. The first-order valence-corrected chi connectivity index (χ1v) is 8.03. The number of amides is 1. The third kappa shape index (κ3) is 7.11. The smallest absolute Gasteiger partial charge is 0.251 e. The normalized spacial score (nSPS) is 10.7. The third-order valence-corrected chi connectivity index (χ3v) is 3.27. The molecule has 0 fully saturated rings. The van der Waals surface area contributed by atoms with Crippen molar-refractivity contribution in [1.82, 2.24) is 10.3 Å². The van der Waals surface area contributed by atoms with Crippen LogP contribution in [-0.4, -0.2) is 24.0 Å². The van der Waals surface area contributed by atoms with Crippen molar-refractivity contribution in [1.29, 1.82) is 0 Å². The van der Waals surface area contributed by atoms with Crippen LogP contribution in [0.1, 0.15) is 62.5 Å². The highest BCUT2D eigenvalue weighted by molar-refractivity contribution is 5.94. The van der Waals surface area contributed by atoms with Crippen molar-refractivity contribution in [2.45, 2.75) is 53.4 Å². The van der Waals surface area contributed by atoms with Gasteiger partial charge in [-0.05, 0) is 37.8 Å². The first-order valence-electron chi connectivity index (χ1n) is 8.03. The van der Waals surface area contributed by atoms with E-state index in [-0.39, 0.29) is 5.91 Å². The van der Waals surface area contributed by atoms with Crippen molar-refractivity contribution in [3.05, 3.63) is 23.4 Å². The Kier molecular flexibility index (Phi) is 7.80. The molecule has 1 aromatic rings. The Bertz CT molecular complexity index is 444. The van der Waals surface area contributed by atoms with Crippen molar-refractivity contribution in [2.24, 2.45) is 5.92 Å². The Hall–Kier alpha value is -1.58. The van der Waals surface area contributed by atoms with Crippen LogP contribution in [0.3, 0.4) is 0 Å². The van der Waals surface area contributed by atoms with Crippen LogP contribution in [0.25, 0.3) is 0 Å². The van der Waals surface area contributed by atoms with E-state index in [1.165, 1.54) is 6.42 Å². The zero-order valence-corrected chi connectivity index (χ0v) is 13.8. The number of aromatic nitrogens is 1. The van der Waals surface area contributed by atoms with Crippen LogP contribution >= 0.6 is 0 Å². The first kappa shape index (κ1) is 17.5. The number of pyridine rings is 1. The second-order valence-corrected chi connectivity index (χ2v) is 5.95. The van der Waals surface area contributed by atoms with E-state index >= 15 is 0 Å². The Morgan fingerprint density at radius 3 is 2.67 bits per heavy atom. The second kappa shape index (κ2) is 9.37. The van der Waals surface area contributed by atoms with Gasteiger partial charge in [0.2, 0.25) is 0 Å². The van der Waals surface area contributed by atoms with Gasteiger partial charge in [-0.15, -0.1) is 0 Å². The molecule has 2 N–H and O–H groups in total. The molecule has 0 saturated carbocycles. The Labute approximate surface area is 128 Å². The van der Waals surface area contributed by atoms with Crippen molar-refractivity contribution < 1.29 is 4.79 Å². The van der Waals surface area contributed by atoms with Crippen LogP contribution < -0.4 is 10.6 Å². The monoisotopic (exact) mass is 291 g/mol. The van der Waals surface area contributed by atoms with Crippen molar-refractivity contribution in [2.75, 3.05) is 18.4 Å². The molecule has 0 radical (unpaired) electrons. The van der Waals surface area contributed by atoms with Gasteiger partial charge in [0.05, 0.1) is 0 Å². The number of anilines is 1. The number of rotatable bonds is 9. The molecule has 4 heteroatoms. The molecule has 0 unspecified atom stereocenters. The lowest BCUT2D eigenvalue weighted by Gasteiger charge is -2.09. The number of aryl methyl sites for hydroxylation is 1. The summed E-state index contributed by atoms with van der Waals surface area (Å²) in [5.74, 6) is 1.50. The number of nitrogens with zero attached hydrogens (tertiary/aromatic N) is 1. The Morgan fingerprint density at radius 1 is 1.24 bits per heavy atom. The minimum absolute atomic E-state index is 0.00963. The fourth-order valence-electron chi connectivity index (χ4n) is 2.12. The zero-order chi connectivity index (χ0) is 15.7. The summed E-state index contributed by atoms with van der Waals surface area (Å²) in [6, 6.07) is 3.66. The third-order valence-electron chi connectivity index (χ3n) is 3.27. The number of hydrogen-bond donors (Lipinski definition) is 2. The van der Waals surface area contributed by atoms with Gasteiger partial charge < -0.3 is 10.6 Å². The highest BCUT2D eigenvalue weighted by Gasteiger charge is 2.08. The molecule has 0 aliphatic rings. The molecule has 0 bridgehead atoms. The molecule has 1 rings (SSSR count). The van der Waals surface area contributed by atoms with E-state index in [1.807, 2.05) is 19.1 Å². The number of carbonyl (C=O) groups is 1. The average Bonchev–Trinajstić information content (AvgIpc) is 2.43. The summed E-state index contributed by atoms with van der Waals surface area (Å²) in [5.41, 5.74) is 1.55. The standard InChI is InChI=1S/C17H29N3O/c1-5-9-18-16-12-15(11-14(4)20-16)17(21)19-10-7-6-8-13(2)3/h11-13H,5-10H2,1-4H3,(H,18,20)(H,19,21). The summed E-state index contributed by atoms with van der Waals surface area (Å²) in [5, 5.41) is 6.22. The summed E-state index contributed by atoms with van der Waals surface area (Å²) >= 11 is 0. The Balaban J connectivity index is 2.47. The number of unbranched alkanes of at least 4 members (excludes halogenated alkanes) is 1. The second-order valence-electron chi connectivity index (χ2n) is 5.95. The highest BCUT2D eigenvalue weighted by Crippen LogP contribution is 2.11. The molecule has 21 heavy (non-hydrogen) atoms. The molecule has 1 aromatic heterocycles. The molecular formula is C17H29N3O. The summed E-state index contributed by atoms with van der Waals surface area (Å²) < 4.78 is 0. The number of hydrogen-bond acceptors (Lipinski definition) is 3. The molecule has 0 aliphatic carbocycles. The topological polar surface area (TPSA) is 54.0 Å². The van der Waals surface area contributed by atoms with E-state index < -0.39 is 0 Å². The molecule has 0 aromatic carbocycles. The van der Waals surface area contributed by atoms with Gasteiger partial charge >= 0.3 is 0 Å². The minimum Gasteiger partial charge on any atom is -0.370 e. The molecule has 1 heterocycles. The summed E-state index contributed by atoms with van der Waals surface area (Å²) in [6.07, 6.45) is 4.45. The molecule has 0 atom stereocenters. The van der Waals surface area contributed by atoms with Crippen molar-refractivity contribution in [3.8, 4) is 0 Å². The van der Waals surface area contributed by atoms with Gasteiger partial charge in [-0.25, -0.2) is 4.98 Å². The van der Waals surface area contributed by atoms with Gasteiger partial charge in [-0.1, -0.05) is 33.6 Å². The van der Waals surface area contributed by atoms with E-state index in [2.05, 4.69) is 36.4 Å². The fraction of sp³-hybridized carbons (Fsp3) is 0.647. The van der Waals surface area contributed by atoms with E-state index in [4.69, 9.17) is 0 Å². The van der Waals surface area contributed by atoms with E-state index in [9.17, 15) is 4.79 Å². The highest BCUT2D eigenvalue weighted by atomic mass is 16.1. The predicted molar refractivity (Wildman–Crippen MR) is 88.8 cm³/mol. The van der Waals surface area contributed by atoms with Crippen molar-refractivity contribution in [3.63, 3.8) is 0 Å². The molecule has 0 saturated heterocycles. The predicted octanol–water partition coefficient (Wildman–Crippen LogP) is 3.77. The van der Waals surface area contributed by atoms with Gasteiger partial charge in [-0.2, -0.15) is 0 Å². The number of nitrogens with one attached hydrogen (secondary N) is 2. The van der Waals surface area contributed by atoms with E-state index in [0.717, 1.165) is 49.8 Å². The van der Waals surface area contributed by atoms with Crippen LogP contribution in [0.5, 0.6) is 0 Å². The fourth-order valence-corrected chi connectivity index (χ4v) is 2.12. The van der Waals surface area contributed by atoms with Gasteiger partial charge in [0.15, 0.2) is 0 Å². The van der Waals surface area contributed by atoms with Crippen LogP contribution in [0.4, 0.5) is 5.82 Å². The van der Waals surface area contributed by atoms with Crippen LogP contribution in [0.15, 0.2) is 12.1 Å². The molecule has 118 valence electrons. The zero-order valence-electron chi connectivity index (χ0n) is 13.8. The van der Waals surface area contributed by atoms with E-state index in [0.29, 0.717) is 5.56 Å². The van der Waals surface area contributed by atoms with Crippen molar-refractivity contribution >= 4 is 11.7 Å². The summed E-state index contributed by atoms with van der Waals surface area (Å²) in [7, 11) is 0. The first-order chi connectivity index (χ1) is 10.0. The molecule has 1 amide bonds.